The molecule has 1 aromatic carbocycles. The Hall–Kier alpha value is -2.22. The predicted octanol–water partition coefficient (Wildman–Crippen LogP) is 3.29. The van der Waals surface area contributed by atoms with Gasteiger partial charge in [0.25, 0.3) is 5.69 Å². The van der Waals surface area contributed by atoms with Gasteiger partial charge in [-0.15, -0.1) is 0 Å². The Morgan fingerprint density at radius 3 is 2.80 bits per heavy atom. The van der Waals surface area contributed by atoms with Gasteiger partial charge in [-0.2, -0.15) is 0 Å². The number of hydrogen-bond acceptors (Lipinski definition) is 6. The second kappa shape index (κ2) is 5.83. The Morgan fingerprint density at radius 2 is 2.15 bits per heavy atom. The molecule has 0 aliphatic carbocycles. The SMILES string of the molecule is CNc1ncnc(Oc2cccc([N+](=O)[O-])c2Br)c1C. The van der Waals surface area contributed by atoms with E-state index in [2.05, 4.69) is 31.2 Å². The lowest BCUT2D eigenvalue weighted by Gasteiger charge is -2.11. The second-order valence-corrected chi connectivity index (χ2v) is 4.64. The Kier molecular flexibility index (Phi) is 4.14. The Morgan fingerprint density at radius 1 is 1.40 bits per heavy atom. The maximum absolute atomic E-state index is 10.9. The molecule has 7 nitrogen and oxygen atoms in total. The summed E-state index contributed by atoms with van der Waals surface area (Å²) >= 11 is 3.17. The van der Waals surface area contributed by atoms with Crippen molar-refractivity contribution >= 4 is 27.4 Å². The molecule has 20 heavy (non-hydrogen) atoms. The number of hydrogen-bond donors (Lipinski definition) is 1. The van der Waals surface area contributed by atoms with Gasteiger partial charge in [-0.3, -0.25) is 10.1 Å². The van der Waals surface area contributed by atoms with Crippen LogP contribution in [0.15, 0.2) is 29.0 Å². The van der Waals surface area contributed by atoms with Crippen molar-refractivity contribution in [1.29, 1.82) is 0 Å². The summed E-state index contributed by atoms with van der Waals surface area (Å²) in [5.41, 5.74) is 0.649. The van der Waals surface area contributed by atoms with Crippen LogP contribution in [0.3, 0.4) is 0 Å². The number of halogens is 1. The van der Waals surface area contributed by atoms with Gasteiger partial charge in [0.15, 0.2) is 5.75 Å². The molecule has 0 bridgehead atoms. The van der Waals surface area contributed by atoms with Crippen molar-refractivity contribution in [2.24, 2.45) is 0 Å². The normalized spacial score (nSPS) is 10.2. The van der Waals surface area contributed by atoms with E-state index in [1.54, 1.807) is 26.1 Å². The van der Waals surface area contributed by atoms with Crippen molar-refractivity contribution in [2.75, 3.05) is 12.4 Å². The maximum Gasteiger partial charge on any atom is 0.287 e. The van der Waals surface area contributed by atoms with Crippen LogP contribution in [0.4, 0.5) is 11.5 Å². The molecule has 0 atom stereocenters. The van der Waals surface area contributed by atoms with Gasteiger partial charge < -0.3 is 10.1 Å². The molecule has 8 heteroatoms. The smallest absolute Gasteiger partial charge is 0.287 e. The third-order valence-corrected chi connectivity index (χ3v) is 3.42. The summed E-state index contributed by atoms with van der Waals surface area (Å²) in [5, 5.41) is 13.8. The topological polar surface area (TPSA) is 90.2 Å². The fourth-order valence-corrected chi connectivity index (χ4v) is 2.10. The zero-order valence-corrected chi connectivity index (χ0v) is 12.3. The minimum absolute atomic E-state index is 0.0666. The highest BCUT2D eigenvalue weighted by atomic mass is 79.9. The molecule has 0 saturated heterocycles. The first-order chi connectivity index (χ1) is 9.54. The first kappa shape index (κ1) is 14.2. The molecule has 2 rings (SSSR count). The van der Waals surface area contributed by atoms with E-state index in [-0.39, 0.29) is 10.2 Å². The molecule has 0 aliphatic heterocycles. The summed E-state index contributed by atoms with van der Waals surface area (Å²) in [5.74, 6) is 1.30. The third kappa shape index (κ3) is 2.69. The molecule has 0 fully saturated rings. The van der Waals surface area contributed by atoms with Crippen LogP contribution in [0.1, 0.15) is 5.56 Å². The zero-order valence-electron chi connectivity index (χ0n) is 10.8. The quantitative estimate of drug-likeness (QED) is 0.679. The molecular weight excluding hydrogens is 328 g/mol. The highest BCUT2D eigenvalue weighted by Gasteiger charge is 2.18. The van der Waals surface area contributed by atoms with Crippen molar-refractivity contribution in [1.82, 2.24) is 9.97 Å². The van der Waals surface area contributed by atoms with Gasteiger partial charge in [0.1, 0.15) is 16.6 Å². The number of ether oxygens (including phenoxy) is 1. The average molecular weight is 339 g/mol. The molecule has 0 radical (unpaired) electrons. The summed E-state index contributed by atoms with van der Waals surface area (Å²) in [6.45, 7) is 1.80. The first-order valence-corrected chi connectivity index (χ1v) is 6.44. The number of anilines is 1. The van der Waals surface area contributed by atoms with E-state index in [4.69, 9.17) is 4.74 Å². The second-order valence-electron chi connectivity index (χ2n) is 3.85. The van der Waals surface area contributed by atoms with Gasteiger partial charge in [-0.05, 0) is 28.9 Å². The summed E-state index contributed by atoms with van der Waals surface area (Å²) in [4.78, 5) is 18.5. The minimum atomic E-state index is -0.483. The van der Waals surface area contributed by atoms with Gasteiger partial charge in [-0.25, -0.2) is 9.97 Å². The standard InChI is InChI=1S/C12H11BrN4O3/c1-7-11(14-2)15-6-16-12(7)20-9-5-3-4-8(10(9)13)17(18)19/h3-6H,1-2H3,(H,14,15,16). The molecular formula is C12H11BrN4O3. The summed E-state index contributed by atoms with van der Waals surface area (Å²) in [6.07, 6.45) is 1.36. The van der Waals surface area contributed by atoms with Crippen LogP contribution in [0.5, 0.6) is 11.6 Å². The van der Waals surface area contributed by atoms with E-state index in [1.807, 2.05) is 0 Å². The lowest BCUT2D eigenvalue weighted by atomic mass is 10.3. The number of benzene rings is 1. The van der Waals surface area contributed by atoms with Crippen molar-refractivity contribution < 1.29 is 9.66 Å². The van der Waals surface area contributed by atoms with Crippen LogP contribution in [-0.4, -0.2) is 21.9 Å². The highest BCUT2D eigenvalue weighted by Crippen LogP contribution is 2.37. The van der Waals surface area contributed by atoms with Crippen LogP contribution < -0.4 is 10.1 Å². The Balaban J connectivity index is 2.41. The Labute approximate surface area is 123 Å². The predicted molar refractivity (Wildman–Crippen MR) is 77.2 cm³/mol. The third-order valence-electron chi connectivity index (χ3n) is 2.62. The molecule has 1 N–H and O–H groups in total. The van der Waals surface area contributed by atoms with Crippen LogP contribution in [0, 0.1) is 17.0 Å². The van der Waals surface area contributed by atoms with Gasteiger partial charge in [0.2, 0.25) is 5.88 Å². The highest BCUT2D eigenvalue weighted by molar-refractivity contribution is 9.10. The molecule has 0 unspecified atom stereocenters. The number of nitro groups is 1. The number of nitrogens with zero attached hydrogens (tertiary/aromatic N) is 3. The van der Waals surface area contributed by atoms with E-state index in [0.29, 0.717) is 23.0 Å². The molecule has 0 saturated carbocycles. The average Bonchev–Trinajstić information content (AvgIpc) is 2.43. The van der Waals surface area contributed by atoms with E-state index < -0.39 is 4.92 Å². The largest absolute Gasteiger partial charge is 0.437 e. The molecule has 1 heterocycles. The van der Waals surface area contributed by atoms with E-state index in [0.717, 1.165) is 0 Å². The molecule has 0 spiro atoms. The molecule has 1 aromatic heterocycles. The fraction of sp³-hybridized carbons (Fsp3) is 0.167. The van der Waals surface area contributed by atoms with Crippen molar-refractivity contribution in [3.8, 4) is 11.6 Å². The van der Waals surface area contributed by atoms with Crippen molar-refractivity contribution in [3.05, 3.63) is 44.7 Å². The van der Waals surface area contributed by atoms with E-state index >= 15 is 0 Å². The van der Waals surface area contributed by atoms with Crippen LogP contribution in [-0.2, 0) is 0 Å². The molecule has 0 amide bonds. The van der Waals surface area contributed by atoms with Gasteiger partial charge in [0, 0.05) is 13.1 Å². The number of nitro benzene ring substituents is 1. The molecule has 0 aliphatic rings. The number of rotatable bonds is 4. The van der Waals surface area contributed by atoms with Crippen LogP contribution in [0.2, 0.25) is 0 Å². The first-order valence-electron chi connectivity index (χ1n) is 5.64. The minimum Gasteiger partial charge on any atom is -0.437 e. The fourth-order valence-electron chi connectivity index (χ4n) is 1.61. The lowest BCUT2D eigenvalue weighted by molar-refractivity contribution is -0.385. The summed E-state index contributed by atoms with van der Waals surface area (Å²) in [7, 11) is 1.74. The monoisotopic (exact) mass is 338 g/mol. The lowest BCUT2D eigenvalue weighted by Crippen LogP contribution is -2.00. The van der Waals surface area contributed by atoms with E-state index in [1.165, 1.54) is 12.4 Å². The summed E-state index contributed by atoms with van der Waals surface area (Å²) < 4.78 is 5.90. The molecule has 2 aromatic rings. The van der Waals surface area contributed by atoms with Crippen LogP contribution >= 0.6 is 15.9 Å². The zero-order chi connectivity index (χ0) is 14.7. The molecule has 104 valence electrons. The number of nitrogens with one attached hydrogen (secondary N) is 1. The van der Waals surface area contributed by atoms with E-state index in [9.17, 15) is 10.1 Å². The summed E-state index contributed by atoms with van der Waals surface area (Å²) in [6, 6.07) is 4.56. The van der Waals surface area contributed by atoms with Gasteiger partial charge >= 0.3 is 0 Å². The Bertz CT molecular complexity index is 663. The van der Waals surface area contributed by atoms with Crippen molar-refractivity contribution in [3.63, 3.8) is 0 Å². The number of aromatic nitrogens is 2. The van der Waals surface area contributed by atoms with Crippen LogP contribution in [0.25, 0.3) is 0 Å². The maximum atomic E-state index is 10.9. The van der Waals surface area contributed by atoms with Crippen molar-refractivity contribution in [2.45, 2.75) is 6.92 Å². The van der Waals surface area contributed by atoms with Gasteiger partial charge in [-0.1, -0.05) is 6.07 Å². The van der Waals surface area contributed by atoms with Gasteiger partial charge in [0.05, 0.1) is 10.5 Å².